The second-order valence-corrected chi connectivity index (χ2v) is 5.94. The molecule has 0 saturated carbocycles. The van der Waals surface area contributed by atoms with Crippen molar-refractivity contribution in [3.8, 4) is 0 Å². The van der Waals surface area contributed by atoms with Crippen LogP contribution in [-0.4, -0.2) is 4.98 Å². The average molecular weight is 345 g/mol. The van der Waals surface area contributed by atoms with Gasteiger partial charge in [0.15, 0.2) is 11.5 Å². The zero-order chi connectivity index (χ0) is 14.8. The van der Waals surface area contributed by atoms with Crippen molar-refractivity contribution in [2.45, 2.75) is 26.8 Å². The SMILES string of the molecule is CCc1nc2cc(NCc3ccc(Br)c(C)c3)ccc2o1. The van der Waals surface area contributed by atoms with Gasteiger partial charge in [-0.25, -0.2) is 4.98 Å². The molecule has 1 N–H and O–H groups in total. The number of nitrogens with one attached hydrogen (secondary N) is 1. The summed E-state index contributed by atoms with van der Waals surface area (Å²) in [6.07, 6.45) is 0.815. The Morgan fingerprint density at radius 3 is 2.81 bits per heavy atom. The highest BCUT2D eigenvalue weighted by Crippen LogP contribution is 2.22. The van der Waals surface area contributed by atoms with Gasteiger partial charge in [0.25, 0.3) is 0 Å². The number of rotatable bonds is 4. The third kappa shape index (κ3) is 3.10. The van der Waals surface area contributed by atoms with Crippen molar-refractivity contribution in [3.63, 3.8) is 0 Å². The van der Waals surface area contributed by atoms with Crippen LogP contribution < -0.4 is 5.32 Å². The fourth-order valence-corrected chi connectivity index (χ4v) is 2.50. The van der Waals surface area contributed by atoms with Gasteiger partial charge in [-0.1, -0.05) is 35.0 Å². The van der Waals surface area contributed by atoms with Crippen LogP contribution in [0, 0.1) is 6.92 Å². The lowest BCUT2D eigenvalue weighted by molar-refractivity contribution is 0.538. The molecule has 3 rings (SSSR count). The standard InChI is InChI=1S/C17H17BrN2O/c1-3-17-20-15-9-13(5-7-16(15)21-17)19-10-12-4-6-14(18)11(2)8-12/h4-9,19H,3,10H2,1-2H3. The predicted octanol–water partition coefficient (Wildman–Crippen LogP) is 5.07. The molecule has 0 aliphatic rings. The van der Waals surface area contributed by atoms with Gasteiger partial charge in [-0.3, -0.25) is 0 Å². The zero-order valence-corrected chi connectivity index (χ0v) is 13.7. The van der Waals surface area contributed by atoms with E-state index in [0.29, 0.717) is 0 Å². The van der Waals surface area contributed by atoms with Crippen LogP contribution in [0.1, 0.15) is 23.9 Å². The van der Waals surface area contributed by atoms with Crippen LogP contribution in [0.4, 0.5) is 5.69 Å². The maximum Gasteiger partial charge on any atom is 0.195 e. The summed E-state index contributed by atoms with van der Waals surface area (Å²) >= 11 is 3.52. The molecule has 4 heteroatoms. The van der Waals surface area contributed by atoms with E-state index in [2.05, 4.69) is 51.4 Å². The maximum absolute atomic E-state index is 5.62. The highest BCUT2D eigenvalue weighted by Gasteiger charge is 2.05. The second-order valence-electron chi connectivity index (χ2n) is 5.08. The van der Waals surface area contributed by atoms with Crippen LogP contribution in [0.25, 0.3) is 11.1 Å². The lowest BCUT2D eigenvalue weighted by atomic mass is 10.1. The van der Waals surface area contributed by atoms with Crippen LogP contribution >= 0.6 is 15.9 Å². The summed E-state index contributed by atoms with van der Waals surface area (Å²) in [6, 6.07) is 12.4. The molecule has 0 amide bonds. The van der Waals surface area contributed by atoms with Gasteiger partial charge in [0, 0.05) is 23.1 Å². The van der Waals surface area contributed by atoms with Gasteiger partial charge in [0.05, 0.1) is 0 Å². The Morgan fingerprint density at radius 1 is 1.19 bits per heavy atom. The van der Waals surface area contributed by atoms with E-state index in [-0.39, 0.29) is 0 Å². The van der Waals surface area contributed by atoms with Crippen molar-refractivity contribution >= 4 is 32.7 Å². The Hall–Kier alpha value is -1.81. The van der Waals surface area contributed by atoms with Gasteiger partial charge in [-0.2, -0.15) is 0 Å². The first kappa shape index (κ1) is 14.1. The number of anilines is 1. The van der Waals surface area contributed by atoms with E-state index in [4.69, 9.17) is 4.42 Å². The monoisotopic (exact) mass is 344 g/mol. The molecule has 3 nitrogen and oxygen atoms in total. The van der Waals surface area contributed by atoms with E-state index in [1.165, 1.54) is 11.1 Å². The van der Waals surface area contributed by atoms with E-state index in [0.717, 1.165) is 40.1 Å². The van der Waals surface area contributed by atoms with Crippen LogP contribution in [-0.2, 0) is 13.0 Å². The number of nitrogens with zero attached hydrogens (tertiary/aromatic N) is 1. The topological polar surface area (TPSA) is 38.1 Å². The molecule has 0 saturated heterocycles. The Kier molecular flexibility index (Phi) is 3.97. The van der Waals surface area contributed by atoms with Crippen LogP contribution in [0.5, 0.6) is 0 Å². The third-order valence-electron chi connectivity index (χ3n) is 3.45. The molecule has 0 aliphatic carbocycles. The summed E-state index contributed by atoms with van der Waals surface area (Å²) in [7, 11) is 0. The molecular formula is C17H17BrN2O. The van der Waals surface area contributed by atoms with E-state index in [1.807, 2.05) is 25.1 Å². The van der Waals surface area contributed by atoms with E-state index in [1.54, 1.807) is 0 Å². The number of hydrogen-bond acceptors (Lipinski definition) is 3. The van der Waals surface area contributed by atoms with Crippen molar-refractivity contribution in [3.05, 3.63) is 57.9 Å². The molecule has 0 spiro atoms. The number of hydrogen-bond donors (Lipinski definition) is 1. The van der Waals surface area contributed by atoms with Crippen LogP contribution in [0.3, 0.4) is 0 Å². The summed E-state index contributed by atoms with van der Waals surface area (Å²) in [5, 5.41) is 3.43. The molecule has 108 valence electrons. The fourth-order valence-electron chi connectivity index (χ4n) is 2.26. The molecule has 2 aromatic carbocycles. The highest BCUT2D eigenvalue weighted by atomic mass is 79.9. The maximum atomic E-state index is 5.62. The number of oxazole rings is 1. The van der Waals surface area contributed by atoms with Gasteiger partial charge in [-0.05, 0) is 42.3 Å². The van der Waals surface area contributed by atoms with Gasteiger partial charge in [0.1, 0.15) is 5.52 Å². The first-order valence-corrected chi connectivity index (χ1v) is 7.83. The zero-order valence-electron chi connectivity index (χ0n) is 12.1. The molecule has 0 atom stereocenters. The van der Waals surface area contributed by atoms with Crippen molar-refractivity contribution in [1.29, 1.82) is 0 Å². The summed E-state index contributed by atoms with van der Waals surface area (Å²) < 4.78 is 6.76. The number of aryl methyl sites for hydroxylation is 2. The second kappa shape index (κ2) is 5.90. The molecule has 0 radical (unpaired) electrons. The minimum atomic E-state index is 0.783. The molecule has 0 aliphatic heterocycles. The number of halogens is 1. The Morgan fingerprint density at radius 2 is 2.05 bits per heavy atom. The summed E-state index contributed by atoms with van der Waals surface area (Å²) in [6.45, 7) is 4.93. The Balaban J connectivity index is 1.76. The Labute approximate surface area is 132 Å². The molecule has 0 fully saturated rings. The van der Waals surface area contributed by atoms with E-state index in [9.17, 15) is 0 Å². The van der Waals surface area contributed by atoms with Gasteiger partial charge >= 0.3 is 0 Å². The van der Waals surface area contributed by atoms with Gasteiger partial charge in [0.2, 0.25) is 0 Å². The summed E-state index contributed by atoms with van der Waals surface area (Å²) in [5.74, 6) is 0.783. The molecule has 0 unspecified atom stereocenters. The van der Waals surface area contributed by atoms with Crippen molar-refractivity contribution in [2.24, 2.45) is 0 Å². The van der Waals surface area contributed by atoms with E-state index >= 15 is 0 Å². The highest BCUT2D eigenvalue weighted by molar-refractivity contribution is 9.10. The van der Waals surface area contributed by atoms with Crippen molar-refractivity contribution in [2.75, 3.05) is 5.32 Å². The Bertz CT molecular complexity index is 780. The third-order valence-corrected chi connectivity index (χ3v) is 4.34. The number of aromatic nitrogens is 1. The van der Waals surface area contributed by atoms with Crippen molar-refractivity contribution < 1.29 is 4.42 Å². The lowest BCUT2D eigenvalue weighted by Gasteiger charge is -2.08. The van der Waals surface area contributed by atoms with Crippen molar-refractivity contribution in [1.82, 2.24) is 4.98 Å². The summed E-state index contributed by atoms with van der Waals surface area (Å²) in [5.41, 5.74) is 5.30. The molecule has 1 heterocycles. The van der Waals surface area contributed by atoms with Crippen LogP contribution in [0.2, 0.25) is 0 Å². The largest absolute Gasteiger partial charge is 0.441 e. The van der Waals surface area contributed by atoms with Gasteiger partial charge in [-0.15, -0.1) is 0 Å². The number of benzene rings is 2. The minimum Gasteiger partial charge on any atom is -0.441 e. The van der Waals surface area contributed by atoms with Gasteiger partial charge < -0.3 is 9.73 Å². The summed E-state index contributed by atoms with van der Waals surface area (Å²) in [4.78, 5) is 4.46. The lowest BCUT2D eigenvalue weighted by Crippen LogP contribution is -1.99. The smallest absolute Gasteiger partial charge is 0.195 e. The van der Waals surface area contributed by atoms with Crippen LogP contribution in [0.15, 0.2) is 45.3 Å². The first-order chi connectivity index (χ1) is 10.2. The van der Waals surface area contributed by atoms with E-state index < -0.39 is 0 Å². The molecule has 0 bridgehead atoms. The fraction of sp³-hybridized carbons (Fsp3) is 0.235. The number of fused-ring (bicyclic) bond motifs is 1. The molecule has 21 heavy (non-hydrogen) atoms. The molecule has 1 aromatic heterocycles. The normalized spacial score (nSPS) is 11.0. The minimum absolute atomic E-state index is 0.783. The molecule has 3 aromatic rings. The quantitative estimate of drug-likeness (QED) is 0.717. The predicted molar refractivity (Wildman–Crippen MR) is 89.6 cm³/mol. The first-order valence-electron chi connectivity index (χ1n) is 7.04. The molecular weight excluding hydrogens is 328 g/mol. The average Bonchev–Trinajstić information content (AvgIpc) is 2.90.